The van der Waals surface area contributed by atoms with E-state index in [9.17, 15) is 14.7 Å². The molecule has 1 amide bonds. The molecule has 0 spiro atoms. The molecule has 0 saturated heterocycles. The highest BCUT2D eigenvalue weighted by Gasteiger charge is 2.38. The quantitative estimate of drug-likeness (QED) is 0.716. The van der Waals surface area contributed by atoms with Crippen molar-refractivity contribution in [2.45, 2.75) is 70.6 Å². The number of aromatic nitrogens is 3. The summed E-state index contributed by atoms with van der Waals surface area (Å²) < 4.78 is 7.12. The summed E-state index contributed by atoms with van der Waals surface area (Å²) in [4.78, 5) is 33.2. The van der Waals surface area contributed by atoms with Gasteiger partial charge in [0, 0.05) is 24.5 Å². The predicted molar refractivity (Wildman–Crippen MR) is 109 cm³/mol. The number of carboxylic acids is 1. The number of alkyl carbamates (subject to hydrolysis) is 1. The van der Waals surface area contributed by atoms with Crippen LogP contribution in [0.2, 0.25) is 0 Å². The third-order valence-corrected chi connectivity index (χ3v) is 5.02. The molecule has 0 unspecified atom stereocenters. The number of rotatable bonds is 6. The number of nitrogens with zero attached hydrogens (tertiary/aromatic N) is 3. The van der Waals surface area contributed by atoms with Crippen LogP contribution >= 0.6 is 0 Å². The third-order valence-electron chi connectivity index (χ3n) is 5.02. The molecule has 1 saturated carbocycles. The SMILES string of the molecule is C=CCc1ncc2cc(C(=O)O)n(CC3(NC(=O)OC(C)(C)C)CCCC3)c2n1. The van der Waals surface area contributed by atoms with Crippen LogP contribution in [0.5, 0.6) is 0 Å². The average molecular weight is 400 g/mol. The van der Waals surface area contributed by atoms with Gasteiger partial charge in [-0.2, -0.15) is 0 Å². The van der Waals surface area contributed by atoms with Crippen molar-refractivity contribution < 1.29 is 19.4 Å². The first-order valence-electron chi connectivity index (χ1n) is 9.83. The molecule has 0 aromatic carbocycles. The van der Waals surface area contributed by atoms with E-state index in [1.54, 1.807) is 22.9 Å². The number of ether oxygens (including phenoxy) is 1. The lowest BCUT2D eigenvalue weighted by Crippen LogP contribution is -2.51. The van der Waals surface area contributed by atoms with E-state index >= 15 is 0 Å². The minimum absolute atomic E-state index is 0.127. The molecule has 2 aromatic rings. The molecular weight excluding hydrogens is 372 g/mol. The summed E-state index contributed by atoms with van der Waals surface area (Å²) in [7, 11) is 0. The highest BCUT2D eigenvalue weighted by Crippen LogP contribution is 2.33. The van der Waals surface area contributed by atoms with E-state index < -0.39 is 23.2 Å². The van der Waals surface area contributed by atoms with E-state index in [4.69, 9.17) is 4.74 Å². The number of amides is 1. The Labute approximate surface area is 170 Å². The molecule has 29 heavy (non-hydrogen) atoms. The Morgan fingerprint density at radius 2 is 2.07 bits per heavy atom. The number of fused-ring (bicyclic) bond motifs is 1. The van der Waals surface area contributed by atoms with Crippen LogP contribution in [0.3, 0.4) is 0 Å². The molecule has 0 bridgehead atoms. The number of nitrogens with one attached hydrogen (secondary N) is 1. The number of carbonyl (C=O) groups excluding carboxylic acids is 1. The second kappa shape index (κ2) is 7.85. The first kappa shape index (κ1) is 20.8. The van der Waals surface area contributed by atoms with Gasteiger partial charge in [0.25, 0.3) is 0 Å². The van der Waals surface area contributed by atoms with Crippen molar-refractivity contribution >= 4 is 23.1 Å². The maximum atomic E-state index is 12.5. The van der Waals surface area contributed by atoms with Crippen LogP contribution < -0.4 is 5.32 Å². The monoisotopic (exact) mass is 400 g/mol. The van der Waals surface area contributed by atoms with Crippen molar-refractivity contribution in [3.8, 4) is 0 Å². The van der Waals surface area contributed by atoms with E-state index in [0.29, 0.717) is 29.8 Å². The maximum absolute atomic E-state index is 12.5. The summed E-state index contributed by atoms with van der Waals surface area (Å²) in [5.41, 5.74) is -0.515. The van der Waals surface area contributed by atoms with Crippen LogP contribution in [-0.4, -0.2) is 42.8 Å². The van der Waals surface area contributed by atoms with Crippen LogP contribution in [0.15, 0.2) is 24.9 Å². The van der Waals surface area contributed by atoms with Crippen molar-refractivity contribution in [2.75, 3.05) is 0 Å². The van der Waals surface area contributed by atoms with Crippen LogP contribution in [0.4, 0.5) is 4.79 Å². The summed E-state index contributed by atoms with van der Waals surface area (Å²) in [6, 6.07) is 1.57. The Hall–Kier alpha value is -2.90. The number of allylic oxidation sites excluding steroid dienone is 1. The molecule has 8 heteroatoms. The lowest BCUT2D eigenvalue weighted by Gasteiger charge is -2.32. The van der Waals surface area contributed by atoms with Gasteiger partial charge in [0.2, 0.25) is 0 Å². The highest BCUT2D eigenvalue weighted by atomic mass is 16.6. The van der Waals surface area contributed by atoms with Gasteiger partial charge in [0.15, 0.2) is 0 Å². The molecule has 2 aromatic heterocycles. The maximum Gasteiger partial charge on any atom is 0.408 e. The van der Waals surface area contributed by atoms with Crippen molar-refractivity contribution in [3.05, 3.63) is 36.4 Å². The molecule has 0 atom stereocenters. The third kappa shape index (κ3) is 4.75. The lowest BCUT2D eigenvalue weighted by molar-refractivity contribution is 0.0445. The standard InChI is InChI=1S/C21H28N4O4/c1-5-8-16-22-12-14-11-15(18(26)27)25(17(14)23-16)13-21(9-6-7-10-21)24-19(28)29-20(2,3)4/h5,11-12H,1,6-10,13H2,2-4H3,(H,24,28)(H,26,27). The second-order valence-corrected chi connectivity index (χ2v) is 8.59. The van der Waals surface area contributed by atoms with Gasteiger partial charge in [0.1, 0.15) is 22.8 Å². The Morgan fingerprint density at radius 1 is 1.38 bits per heavy atom. The molecule has 8 nitrogen and oxygen atoms in total. The first-order valence-corrected chi connectivity index (χ1v) is 9.83. The molecule has 1 aliphatic carbocycles. The summed E-state index contributed by atoms with van der Waals surface area (Å²) in [5, 5.41) is 13.4. The number of hydrogen-bond acceptors (Lipinski definition) is 5. The molecule has 156 valence electrons. The lowest BCUT2D eigenvalue weighted by atomic mass is 9.97. The fourth-order valence-corrected chi connectivity index (χ4v) is 3.84. The minimum atomic E-state index is -1.04. The van der Waals surface area contributed by atoms with Crippen LogP contribution in [-0.2, 0) is 17.7 Å². The smallest absolute Gasteiger partial charge is 0.408 e. The van der Waals surface area contributed by atoms with E-state index in [2.05, 4.69) is 21.9 Å². The van der Waals surface area contributed by atoms with Gasteiger partial charge < -0.3 is 19.7 Å². The zero-order valence-electron chi connectivity index (χ0n) is 17.2. The summed E-state index contributed by atoms with van der Waals surface area (Å²) in [6.07, 6.45) is 6.73. The number of aromatic carboxylic acids is 1. The Kier molecular flexibility index (Phi) is 5.64. The van der Waals surface area contributed by atoms with Crippen LogP contribution in [0, 0.1) is 0 Å². The van der Waals surface area contributed by atoms with Crippen molar-refractivity contribution in [1.82, 2.24) is 19.9 Å². The molecule has 1 fully saturated rings. The molecule has 2 heterocycles. The molecule has 0 aliphatic heterocycles. The molecule has 0 radical (unpaired) electrons. The van der Waals surface area contributed by atoms with Gasteiger partial charge in [0.05, 0.1) is 5.54 Å². The zero-order valence-corrected chi connectivity index (χ0v) is 17.2. The topological polar surface area (TPSA) is 106 Å². The highest BCUT2D eigenvalue weighted by molar-refractivity contribution is 5.93. The molecular formula is C21H28N4O4. The average Bonchev–Trinajstić information content (AvgIpc) is 3.19. The van der Waals surface area contributed by atoms with E-state index in [0.717, 1.165) is 25.7 Å². The fraction of sp³-hybridized carbons (Fsp3) is 0.524. The van der Waals surface area contributed by atoms with Crippen molar-refractivity contribution in [1.29, 1.82) is 0 Å². The zero-order chi connectivity index (χ0) is 21.2. The summed E-state index contributed by atoms with van der Waals surface area (Å²) in [5.74, 6) is -0.469. The van der Waals surface area contributed by atoms with Crippen molar-refractivity contribution in [3.63, 3.8) is 0 Å². The van der Waals surface area contributed by atoms with Crippen LogP contribution in [0.1, 0.15) is 62.8 Å². The van der Waals surface area contributed by atoms with E-state index in [1.165, 1.54) is 0 Å². The normalized spacial score (nSPS) is 16.0. The molecule has 1 aliphatic rings. The number of hydrogen-bond donors (Lipinski definition) is 2. The Morgan fingerprint density at radius 3 is 2.66 bits per heavy atom. The molecule has 2 N–H and O–H groups in total. The fourth-order valence-electron chi connectivity index (χ4n) is 3.84. The van der Waals surface area contributed by atoms with E-state index in [-0.39, 0.29) is 5.69 Å². The first-order chi connectivity index (χ1) is 13.6. The van der Waals surface area contributed by atoms with Gasteiger partial charge in [-0.15, -0.1) is 6.58 Å². The van der Waals surface area contributed by atoms with Gasteiger partial charge in [-0.25, -0.2) is 19.6 Å². The Balaban J connectivity index is 1.99. The number of carboxylic acid groups (broad SMARTS) is 1. The van der Waals surface area contributed by atoms with Gasteiger partial charge in [-0.1, -0.05) is 18.9 Å². The minimum Gasteiger partial charge on any atom is -0.477 e. The van der Waals surface area contributed by atoms with Gasteiger partial charge >= 0.3 is 12.1 Å². The summed E-state index contributed by atoms with van der Waals surface area (Å²) in [6.45, 7) is 9.45. The van der Waals surface area contributed by atoms with Crippen molar-refractivity contribution in [2.24, 2.45) is 0 Å². The molecule has 3 rings (SSSR count). The second-order valence-electron chi connectivity index (χ2n) is 8.59. The largest absolute Gasteiger partial charge is 0.477 e. The summed E-state index contributed by atoms with van der Waals surface area (Å²) >= 11 is 0. The number of carbonyl (C=O) groups is 2. The van der Waals surface area contributed by atoms with Crippen LogP contribution in [0.25, 0.3) is 11.0 Å². The van der Waals surface area contributed by atoms with Gasteiger partial charge in [-0.3, -0.25) is 0 Å². The van der Waals surface area contributed by atoms with Gasteiger partial charge in [-0.05, 0) is 39.7 Å². The Bertz CT molecular complexity index is 936. The predicted octanol–water partition coefficient (Wildman–Crippen LogP) is 3.70. The van der Waals surface area contributed by atoms with E-state index in [1.807, 2.05) is 20.8 Å².